The molecule has 0 bridgehead atoms. The van der Waals surface area contributed by atoms with Gasteiger partial charge in [-0.25, -0.2) is 8.78 Å². The van der Waals surface area contributed by atoms with Gasteiger partial charge in [0, 0.05) is 38.3 Å². The van der Waals surface area contributed by atoms with Crippen molar-refractivity contribution in [2.24, 2.45) is 0 Å². The van der Waals surface area contributed by atoms with E-state index in [1.807, 2.05) is 6.92 Å². The van der Waals surface area contributed by atoms with Gasteiger partial charge in [-0.15, -0.1) is 0 Å². The first-order chi connectivity index (χ1) is 12.0. The van der Waals surface area contributed by atoms with E-state index in [1.54, 1.807) is 0 Å². The summed E-state index contributed by atoms with van der Waals surface area (Å²) in [6, 6.07) is 2.69. The Morgan fingerprint density at radius 2 is 1.96 bits per heavy atom. The van der Waals surface area contributed by atoms with Crippen LogP contribution in [0, 0.1) is 18.6 Å². The molecule has 5 nitrogen and oxygen atoms in total. The second-order valence-corrected chi connectivity index (χ2v) is 6.94. The molecular formula is C18H22F2N4O. The normalized spacial score (nSPS) is 23.0. The van der Waals surface area contributed by atoms with Crippen LogP contribution in [0.15, 0.2) is 16.7 Å². The monoisotopic (exact) mass is 348 g/mol. The summed E-state index contributed by atoms with van der Waals surface area (Å²) in [7, 11) is 0. The minimum atomic E-state index is -0.484. The summed E-state index contributed by atoms with van der Waals surface area (Å²) < 4.78 is 32.9. The van der Waals surface area contributed by atoms with Gasteiger partial charge in [0.1, 0.15) is 11.6 Å². The molecule has 1 fully saturated rings. The van der Waals surface area contributed by atoms with Gasteiger partial charge in [0.25, 0.3) is 0 Å². The Kier molecular flexibility index (Phi) is 4.29. The Labute approximate surface area is 145 Å². The number of hydrogen-bond donors (Lipinski definition) is 0. The van der Waals surface area contributed by atoms with E-state index < -0.39 is 11.6 Å². The zero-order valence-electron chi connectivity index (χ0n) is 14.5. The molecule has 7 heteroatoms. The third-order valence-corrected chi connectivity index (χ3v) is 5.46. The van der Waals surface area contributed by atoms with Crippen LogP contribution < -0.4 is 0 Å². The van der Waals surface area contributed by atoms with Crippen LogP contribution in [0.5, 0.6) is 0 Å². The minimum Gasteiger partial charge on any atom is -0.338 e. The molecule has 1 aliphatic carbocycles. The topological polar surface area (TPSA) is 45.4 Å². The summed E-state index contributed by atoms with van der Waals surface area (Å²) >= 11 is 0. The van der Waals surface area contributed by atoms with E-state index in [9.17, 15) is 8.78 Å². The second kappa shape index (κ2) is 6.46. The van der Waals surface area contributed by atoms with Crippen molar-refractivity contribution in [1.82, 2.24) is 19.9 Å². The highest BCUT2D eigenvalue weighted by Crippen LogP contribution is 2.38. The fraction of sp³-hybridized carbons (Fsp3) is 0.556. The van der Waals surface area contributed by atoms with Crippen LogP contribution in [0.2, 0.25) is 0 Å². The van der Waals surface area contributed by atoms with Crippen LogP contribution in [0.3, 0.4) is 0 Å². The standard InChI is InChI=1S/C18H22F2N4O/c1-11(18-21-12(2)22-25-18)23-5-7-24(8-6-23)17-4-3-14-15(17)9-13(19)10-16(14)20/h9-11,17H,3-8H2,1-2H3. The summed E-state index contributed by atoms with van der Waals surface area (Å²) in [6.45, 7) is 7.34. The fourth-order valence-corrected chi connectivity index (χ4v) is 4.08. The minimum absolute atomic E-state index is 0.0779. The van der Waals surface area contributed by atoms with Gasteiger partial charge in [-0.3, -0.25) is 9.80 Å². The quantitative estimate of drug-likeness (QED) is 0.853. The molecule has 2 unspecified atom stereocenters. The maximum absolute atomic E-state index is 14.0. The molecule has 1 aromatic heterocycles. The van der Waals surface area contributed by atoms with Crippen molar-refractivity contribution in [3.8, 4) is 0 Å². The molecule has 0 radical (unpaired) electrons. The van der Waals surface area contributed by atoms with Crippen molar-refractivity contribution in [2.45, 2.75) is 38.8 Å². The average Bonchev–Trinajstić information content (AvgIpc) is 3.21. The lowest BCUT2D eigenvalue weighted by Gasteiger charge is -2.39. The molecule has 0 spiro atoms. The Bertz CT molecular complexity index is 770. The highest BCUT2D eigenvalue weighted by Gasteiger charge is 2.34. The van der Waals surface area contributed by atoms with Crippen LogP contribution in [0.25, 0.3) is 0 Å². The Morgan fingerprint density at radius 1 is 1.20 bits per heavy atom. The zero-order chi connectivity index (χ0) is 17.6. The summed E-state index contributed by atoms with van der Waals surface area (Å²) in [6.07, 6.45) is 1.54. The molecule has 1 saturated heterocycles. The predicted molar refractivity (Wildman–Crippen MR) is 88.0 cm³/mol. The second-order valence-electron chi connectivity index (χ2n) is 6.94. The van der Waals surface area contributed by atoms with E-state index in [4.69, 9.17) is 4.52 Å². The van der Waals surface area contributed by atoms with E-state index in [2.05, 4.69) is 26.9 Å². The fourth-order valence-electron chi connectivity index (χ4n) is 4.08. The van der Waals surface area contributed by atoms with Crippen LogP contribution in [0.1, 0.15) is 48.3 Å². The number of hydrogen-bond acceptors (Lipinski definition) is 5. The van der Waals surface area contributed by atoms with Gasteiger partial charge in [-0.05, 0) is 43.9 Å². The van der Waals surface area contributed by atoms with Gasteiger partial charge in [0.2, 0.25) is 5.89 Å². The molecule has 2 aliphatic rings. The number of halogens is 2. The Morgan fingerprint density at radius 3 is 2.64 bits per heavy atom. The molecule has 1 aliphatic heterocycles. The number of fused-ring (bicyclic) bond motifs is 1. The SMILES string of the molecule is Cc1noc(C(C)N2CCN(C3CCc4c(F)cc(F)cc43)CC2)n1. The summed E-state index contributed by atoms with van der Waals surface area (Å²) in [5.41, 5.74) is 1.51. The van der Waals surface area contributed by atoms with Gasteiger partial charge >= 0.3 is 0 Å². The lowest BCUT2D eigenvalue weighted by Crippen LogP contribution is -2.48. The van der Waals surface area contributed by atoms with Crippen LogP contribution in [-0.4, -0.2) is 46.1 Å². The van der Waals surface area contributed by atoms with E-state index in [0.29, 0.717) is 23.7 Å². The molecule has 0 N–H and O–H groups in total. The predicted octanol–water partition coefficient (Wildman–Crippen LogP) is 3.02. The first kappa shape index (κ1) is 16.6. The van der Waals surface area contributed by atoms with Crippen molar-refractivity contribution >= 4 is 0 Å². The number of nitrogens with zero attached hydrogens (tertiary/aromatic N) is 4. The molecule has 4 rings (SSSR count). The Hall–Kier alpha value is -1.86. The first-order valence-corrected chi connectivity index (χ1v) is 8.79. The summed E-state index contributed by atoms with van der Waals surface area (Å²) in [4.78, 5) is 8.97. The third kappa shape index (κ3) is 3.06. The average molecular weight is 348 g/mol. The van der Waals surface area contributed by atoms with Crippen molar-refractivity contribution in [3.05, 3.63) is 46.6 Å². The van der Waals surface area contributed by atoms with E-state index >= 15 is 0 Å². The smallest absolute Gasteiger partial charge is 0.243 e. The number of benzene rings is 1. The van der Waals surface area contributed by atoms with Crippen LogP contribution in [-0.2, 0) is 6.42 Å². The van der Waals surface area contributed by atoms with E-state index in [1.165, 1.54) is 6.07 Å². The third-order valence-electron chi connectivity index (χ3n) is 5.46. The van der Waals surface area contributed by atoms with Gasteiger partial charge in [0.05, 0.1) is 6.04 Å². The highest BCUT2D eigenvalue weighted by molar-refractivity contribution is 5.36. The van der Waals surface area contributed by atoms with Gasteiger partial charge in [0.15, 0.2) is 5.82 Å². The van der Waals surface area contributed by atoms with E-state index in [-0.39, 0.29) is 12.1 Å². The molecule has 1 aromatic carbocycles. The number of aromatic nitrogens is 2. The molecule has 134 valence electrons. The highest BCUT2D eigenvalue weighted by atomic mass is 19.1. The van der Waals surface area contributed by atoms with Crippen molar-refractivity contribution in [1.29, 1.82) is 0 Å². The largest absolute Gasteiger partial charge is 0.338 e. The summed E-state index contributed by atoms with van der Waals surface area (Å²) in [5, 5.41) is 3.86. The number of rotatable bonds is 3. The lowest BCUT2D eigenvalue weighted by atomic mass is 10.0. The van der Waals surface area contributed by atoms with Crippen molar-refractivity contribution in [3.63, 3.8) is 0 Å². The number of piperazine rings is 1. The molecule has 2 atom stereocenters. The van der Waals surface area contributed by atoms with Gasteiger partial charge in [-0.2, -0.15) is 4.98 Å². The number of aryl methyl sites for hydroxylation is 1. The van der Waals surface area contributed by atoms with Crippen molar-refractivity contribution < 1.29 is 13.3 Å². The van der Waals surface area contributed by atoms with Crippen molar-refractivity contribution in [2.75, 3.05) is 26.2 Å². The van der Waals surface area contributed by atoms with Gasteiger partial charge < -0.3 is 4.52 Å². The molecule has 0 saturated carbocycles. The van der Waals surface area contributed by atoms with E-state index in [0.717, 1.165) is 44.2 Å². The van der Waals surface area contributed by atoms with Crippen LogP contribution >= 0.6 is 0 Å². The van der Waals surface area contributed by atoms with Crippen LogP contribution in [0.4, 0.5) is 8.78 Å². The summed E-state index contributed by atoms with van der Waals surface area (Å²) in [5.74, 6) is 0.395. The molecular weight excluding hydrogens is 326 g/mol. The maximum Gasteiger partial charge on any atom is 0.243 e. The molecule has 2 aromatic rings. The van der Waals surface area contributed by atoms with Gasteiger partial charge in [-0.1, -0.05) is 5.16 Å². The first-order valence-electron chi connectivity index (χ1n) is 8.79. The molecule has 0 amide bonds. The molecule has 2 heterocycles. The Balaban J connectivity index is 1.44. The maximum atomic E-state index is 14.0. The lowest BCUT2D eigenvalue weighted by molar-refractivity contribution is 0.0634. The molecule has 25 heavy (non-hydrogen) atoms. The zero-order valence-corrected chi connectivity index (χ0v) is 14.5.